The van der Waals surface area contributed by atoms with Crippen molar-refractivity contribution in [2.24, 2.45) is 7.05 Å². The predicted molar refractivity (Wildman–Crippen MR) is 148 cm³/mol. The molecule has 0 fully saturated rings. The molecule has 0 amide bonds. The van der Waals surface area contributed by atoms with Gasteiger partial charge in [-0.1, -0.05) is 45.7 Å². The fourth-order valence-electron chi connectivity index (χ4n) is 4.01. The van der Waals surface area contributed by atoms with E-state index in [4.69, 9.17) is 21.1 Å². The van der Waals surface area contributed by atoms with Crippen molar-refractivity contribution in [3.63, 3.8) is 0 Å². The SMILES string of the molecule is C[C@@H](Oc1cc(-n2cnc3cc(-c4cnn(C)c4)ccc32)sc1C(=O)O)c1cccc(OCCBr)c1Cl. The van der Waals surface area contributed by atoms with Crippen LogP contribution in [0.3, 0.4) is 0 Å². The van der Waals surface area contributed by atoms with Gasteiger partial charge in [0.25, 0.3) is 0 Å². The van der Waals surface area contributed by atoms with Gasteiger partial charge in [-0.15, -0.1) is 11.3 Å². The molecule has 0 bridgehead atoms. The van der Waals surface area contributed by atoms with Crippen LogP contribution in [-0.2, 0) is 7.05 Å². The maximum absolute atomic E-state index is 12.1. The second kappa shape index (κ2) is 10.6. The molecule has 0 saturated heterocycles. The number of nitrogens with zero attached hydrogens (tertiary/aromatic N) is 4. The highest BCUT2D eigenvalue weighted by Crippen LogP contribution is 2.39. The van der Waals surface area contributed by atoms with Gasteiger partial charge in [0.15, 0.2) is 4.88 Å². The van der Waals surface area contributed by atoms with Gasteiger partial charge in [0.05, 0.1) is 28.9 Å². The summed E-state index contributed by atoms with van der Waals surface area (Å²) in [6.45, 7) is 2.29. The fourth-order valence-corrected chi connectivity index (χ4v) is 5.42. The van der Waals surface area contributed by atoms with E-state index in [0.717, 1.165) is 33.5 Å². The number of carboxylic acid groups (broad SMARTS) is 1. The van der Waals surface area contributed by atoms with Crippen molar-refractivity contribution >= 4 is 55.9 Å². The molecule has 1 N–H and O–H groups in total. The van der Waals surface area contributed by atoms with Crippen molar-refractivity contribution in [3.05, 3.63) is 76.6 Å². The number of rotatable bonds is 9. The summed E-state index contributed by atoms with van der Waals surface area (Å²) in [7, 11) is 1.87. The van der Waals surface area contributed by atoms with Crippen LogP contribution in [0.25, 0.3) is 27.2 Å². The lowest BCUT2D eigenvalue weighted by atomic mass is 10.1. The topological polar surface area (TPSA) is 91.4 Å². The van der Waals surface area contributed by atoms with E-state index in [-0.39, 0.29) is 10.6 Å². The summed E-state index contributed by atoms with van der Waals surface area (Å²) in [5.41, 5.74) is 4.34. The lowest BCUT2D eigenvalue weighted by Crippen LogP contribution is -2.07. The Balaban J connectivity index is 1.46. The number of hydrogen-bond donors (Lipinski definition) is 1. The third kappa shape index (κ3) is 5.09. The smallest absolute Gasteiger partial charge is 0.349 e. The van der Waals surface area contributed by atoms with Crippen LogP contribution in [-0.4, -0.2) is 42.3 Å². The Morgan fingerprint density at radius 1 is 1.22 bits per heavy atom. The Hall–Kier alpha value is -3.34. The van der Waals surface area contributed by atoms with E-state index in [2.05, 4.69) is 26.0 Å². The summed E-state index contributed by atoms with van der Waals surface area (Å²) in [5.74, 6) is -0.256. The monoisotopic (exact) mass is 600 g/mol. The Kier molecular flexibility index (Phi) is 7.23. The molecule has 3 aromatic heterocycles. The van der Waals surface area contributed by atoms with E-state index >= 15 is 0 Å². The predicted octanol–water partition coefficient (Wildman–Crippen LogP) is 6.75. The molecular formula is C26H22BrClN4O4S. The normalized spacial score (nSPS) is 12.1. The Morgan fingerprint density at radius 3 is 2.78 bits per heavy atom. The number of halogens is 2. The fraction of sp³-hybridized carbons (Fsp3) is 0.192. The molecule has 5 rings (SSSR count). The molecule has 37 heavy (non-hydrogen) atoms. The Morgan fingerprint density at radius 2 is 2.05 bits per heavy atom. The number of aromatic carboxylic acids is 1. The van der Waals surface area contributed by atoms with Crippen LogP contribution in [0.15, 0.2) is 61.2 Å². The minimum Gasteiger partial charge on any atom is -0.491 e. The molecule has 0 spiro atoms. The van der Waals surface area contributed by atoms with E-state index in [1.807, 2.05) is 55.1 Å². The number of carbonyl (C=O) groups is 1. The number of imidazole rings is 1. The van der Waals surface area contributed by atoms with E-state index in [0.29, 0.717) is 33.3 Å². The molecular weight excluding hydrogens is 580 g/mol. The summed E-state index contributed by atoms with van der Waals surface area (Å²) >= 11 is 11.0. The Labute approximate surface area is 230 Å². The Bertz CT molecular complexity index is 1590. The molecule has 3 heterocycles. The first-order chi connectivity index (χ1) is 17.9. The molecule has 2 aromatic carbocycles. The van der Waals surface area contributed by atoms with Crippen molar-refractivity contribution in [2.75, 3.05) is 11.9 Å². The maximum atomic E-state index is 12.1. The minimum absolute atomic E-state index is 0.0958. The van der Waals surface area contributed by atoms with Gasteiger partial charge in [0.1, 0.15) is 28.9 Å². The largest absolute Gasteiger partial charge is 0.491 e. The number of aryl methyl sites for hydroxylation is 1. The highest BCUT2D eigenvalue weighted by molar-refractivity contribution is 9.09. The third-order valence-corrected chi connectivity index (χ3v) is 7.60. The zero-order valence-electron chi connectivity index (χ0n) is 19.9. The number of carboxylic acids is 1. The second-order valence-corrected chi connectivity index (χ2v) is 10.5. The quantitative estimate of drug-likeness (QED) is 0.188. The molecule has 0 saturated carbocycles. The lowest BCUT2D eigenvalue weighted by Gasteiger charge is -2.18. The van der Waals surface area contributed by atoms with E-state index < -0.39 is 12.1 Å². The summed E-state index contributed by atoms with van der Waals surface area (Å²) in [5, 5.41) is 15.9. The first-order valence-corrected chi connectivity index (χ1v) is 13.6. The van der Waals surface area contributed by atoms with Crippen LogP contribution in [0.5, 0.6) is 11.5 Å². The molecule has 0 aliphatic heterocycles. The van der Waals surface area contributed by atoms with Gasteiger partial charge in [-0.25, -0.2) is 9.78 Å². The number of thiophene rings is 1. The molecule has 11 heteroatoms. The van der Waals surface area contributed by atoms with Crippen LogP contribution in [0.2, 0.25) is 5.02 Å². The second-order valence-electron chi connectivity index (χ2n) is 8.26. The van der Waals surface area contributed by atoms with E-state index in [1.165, 1.54) is 0 Å². The lowest BCUT2D eigenvalue weighted by molar-refractivity contribution is 0.0695. The minimum atomic E-state index is -1.07. The van der Waals surface area contributed by atoms with E-state index in [9.17, 15) is 9.90 Å². The molecule has 0 radical (unpaired) electrons. The summed E-state index contributed by atoms with van der Waals surface area (Å²) in [4.78, 5) is 16.7. The highest BCUT2D eigenvalue weighted by atomic mass is 79.9. The molecule has 190 valence electrons. The summed E-state index contributed by atoms with van der Waals surface area (Å²) in [6, 6.07) is 13.1. The van der Waals surface area contributed by atoms with Crippen LogP contribution in [0.1, 0.15) is 28.3 Å². The zero-order valence-corrected chi connectivity index (χ0v) is 23.0. The number of ether oxygens (including phenoxy) is 2. The number of hydrogen-bond acceptors (Lipinski definition) is 6. The average Bonchev–Trinajstić information content (AvgIpc) is 3.61. The molecule has 0 aliphatic rings. The van der Waals surface area contributed by atoms with Crippen molar-refractivity contribution in [1.29, 1.82) is 0 Å². The van der Waals surface area contributed by atoms with Gasteiger partial charge >= 0.3 is 5.97 Å². The first-order valence-electron chi connectivity index (χ1n) is 11.3. The van der Waals surface area contributed by atoms with Crippen LogP contribution < -0.4 is 9.47 Å². The molecule has 5 aromatic rings. The van der Waals surface area contributed by atoms with Crippen LogP contribution in [0, 0.1) is 0 Å². The van der Waals surface area contributed by atoms with Crippen molar-refractivity contribution < 1.29 is 19.4 Å². The highest BCUT2D eigenvalue weighted by Gasteiger charge is 2.23. The molecule has 8 nitrogen and oxygen atoms in total. The van der Waals surface area contributed by atoms with Crippen molar-refractivity contribution in [2.45, 2.75) is 13.0 Å². The number of aromatic nitrogens is 4. The van der Waals surface area contributed by atoms with Crippen molar-refractivity contribution in [1.82, 2.24) is 19.3 Å². The number of fused-ring (bicyclic) bond motifs is 1. The third-order valence-electron chi connectivity index (χ3n) is 5.77. The molecule has 0 unspecified atom stereocenters. The van der Waals surface area contributed by atoms with Gasteiger partial charge in [-0.2, -0.15) is 5.10 Å². The first kappa shape index (κ1) is 25.3. The standard InChI is InChI=1S/C26H22BrClN4O4S/c1-15(18-4-3-5-21(24(18)28)35-9-8-27)36-22-11-23(37-25(22)26(33)34)32-14-29-19-10-16(6-7-20(19)32)17-12-30-31(2)13-17/h3-7,10-15H,8-9H2,1-2H3,(H,33,34)/t15-/m1/s1. The van der Waals surface area contributed by atoms with Crippen LogP contribution >= 0.6 is 38.9 Å². The summed E-state index contributed by atoms with van der Waals surface area (Å²) < 4.78 is 15.4. The van der Waals surface area contributed by atoms with Gasteiger partial charge in [-0.3, -0.25) is 9.25 Å². The van der Waals surface area contributed by atoms with Gasteiger partial charge in [0, 0.05) is 35.8 Å². The average molecular weight is 602 g/mol. The van der Waals surface area contributed by atoms with Crippen LogP contribution in [0.4, 0.5) is 0 Å². The molecule has 1 atom stereocenters. The van der Waals surface area contributed by atoms with Gasteiger partial charge in [-0.05, 0) is 30.7 Å². The van der Waals surface area contributed by atoms with Gasteiger partial charge in [0.2, 0.25) is 0 Å². The maximum Gasteiger partial charge on any atom is 0.349 e. The molecule has 0 aliphatic carbocycles. The van der Waals surface area contributed by atoms with Crippen molar-refractivity contribution in [3.8, 4) is 27.6 Å². The summed E-state index contributed by atoms with van der Waals surface area (Å²) in [6.07, 6.45) is 4.92. The number of alkyl halides is 1. The number of benzene rings is 2. The van der Waals surface area contributed by atoms with E-state index in [1.54, 1.807) is 29.3 Å². The zero-order chi connectivity index (χ0) is 26.1. The van der Waals surface area contributed by atoms with Gasteiger partial charge < -0.3 is 14.6 Å².